The Morgan fingerprint density at radius 3 is 2.67 bits per heavy atom. The van der Waals surface area contributed by atoms with Gasteiger partial charge in [0.2, 0.25) is 0 Å². The maximum absolute atomic E-state index is 9.13. The van der Waals surface area contributed by atoms with Crippen LogP contribution < -0.4 is 0 Å². The highest BCUT2D eigenvalue weighted by atomic mass is 16.3. The molecular weight excluding hydrogens is 114 g/mol. The van der Waals surface area contributed by atoms with Gasteiger partial charge in [-0.2, -0.15) is 0 Å². The van der Waals surface area contributed by atoms with Crippen molar-refractivity contribution in [1.29, 1.82) is 0 Å². The van der Waals surface area contributed by atoms with Gasteiger partial charge in [-0.1, -0.05) is 12.2 Å². The molecule has 1 aliphatic heterocycles. The van der Waals surface area contributed by atoms with Crippen LogP contribution in [-0.2, 0) is 0 Å². The van der Waals surface area contributed by atoms with E-state index in [1.165, 1.54) is 0 Å². The topological polar surface area (TPSA) is 23.5 Å². The van der Waals surface area contributed by atoms with Gasteiger partial charge in [0, 0.05) is 6.54 Å². The minimum Gasteiger partial charge on any atom is -0.391 e. The third kappa shape index (κ3) is 1.32. The number of rotatable bonds is 1. The van der Waals surface area contributed by atoms with Gasteiger partial charge in [-0.25, -0.2) is 0 Å². The van der Waals surface area contributed by atoms with E-state index in [1.807, 2.05) is 20.0 Å². The highest BCUT2D eigenvalue weighted by Gasteiger charge is 2.19. The molecule has 0 saturated heterocycles. The van der Waals surface area contributed by atoms with Crippen LogP contribution in [0.25, 0.3) is 0 Å². The van der Waals surface area contributed by atoms with Gasteiger partial charge in [-0.3, -0.25) is 4.90 Å². The summed E-state index contributed by atoms with van der Waals surface area (Å²) in [5.74, 6) is 0. The zero-order chi connectivity index (χ0) is 6.85. The Balaban J connectivity index is 2.49. The minimum absolute atomic E-state index is 0.241. The highest BCUT2D eigenvalue weighted by Crippen LogP contribution is 2.09. The molecule has 1 N–H and O–H groups in total. The van der Waals surface area contributed by atoms with Gasteiger partial charge < -0.3 is 5.11 Å². The van der Waals surface area contributed by atoms with Crippen LogP contribution in [0.2, 0.25) is 0 Å². The number of hydrogen-bond donors (Lipinski definition) is 1. The average Bonchev–Trinajstić information content (AvgIpc) is 2.13. The van der Waals surface area contributed by atoms with E-state index < -0.39 is 0 Å². The van der Waals surface area contributed by atoms with Crippen LogP contribution >= 0.6 is 0 Å². The maximum atomic E-state index is 9.13. The van der Waals surface area contributed by atoms with E-state index in [0.717, 1.165) is 6.54 Å². The normalized spacial score (nSPS) is 31.2. The van der Waals surface area contributed by atoms with Crippen molar-refractivity contribution in [2.75, 3.05) is 13.6 Å². The second-order valence-electron chi connectivity index (χ2n) is 2.60. The van der Waals surface area contributed by atoms with Gasteiger partial charge in [0.15, 0.2) is 0 Å². The van der Waals surface area contributed by atoms with Gasteiger partial charge >= 0.3 is 0 Å². The SMILES string of the molecule is C[C@H](O)[C@@H]1C=CCN1C. The van der Waals surface area contributed by atoms with Crippen molar-refractivity contribution >= 4 is 0 Å². The van der Waals surface area contributed by atoms with Crippen molar-refractivity contribution in [3.05, 3.63) is 12.2 Å². The summed E-state index contributed by atoms with van der Waals surface area (Å²) in [5, 5.41) is 9.13. The van der Waals surface area contributed by atoms with E-state index in [0.29, 0.717) is 0 Å². The van der Waals surface area contributed by atoms with Gasteiger partial charge in [-0.15, -0.1) is 0 Å². The number of likely N-dealkylation sites (N-methyl/N-ethyl adjacent to an activating group) is 1. The Bertz CT molecular complexity index is 120. The molecule has 52 valence electrons. The standard InChI is InChI=1S/C7H13NO/c1-6(9)7-4-3-5-8(7)2/h3-4,6-7,9H,5H2,1-2H3/t6-,7-/m0/s1. The smallest absolute Gasteiger partial charge is 0.0703 e. The first-order valence-corrected chi connectivity index (χ1v) is 3.27. The van der Waals surface area contributed by atoms with Crippen LogP contribution in [0, 0.1) is 0 Å². The van der Waals surface area contributed by atoms with Crippen molar-refractivity contribution in [3.63, 3.8) is 0 Å². The molecule has 0 radical (unpaired) electrons. The zero-order valence-electron chi connectivity index (χ0n) is 5.91. The molecule has 1 rings (SSSR count). The van der Waals surface area contributed by atoms with Crippen LogP contribution in [0.1, 0.15) is 6.92 Å². The van der Waals surface area contributed by atoms with Gasteiger partial charge in [0.25, 0.3) is 0 Å². The first-order chi connectivity index (χ1) is 4.22. The highest BCUT2D eigenvalue weighted by molar-refractivity contribution is 5.04. The fraction of sp³-hybridized carbons (Fsp3) is 0.714. The fourth-order valence-electron chi connectivity index (χ4n) is 1.16. The third-order valence-corrected chi connectivity index (χ3v) is 1.73. The number of hydrogen-bond acceptors (Lipinski definition) is 2. The second kappa shape index (κ2) is 2.50. The van der Waals surface area contributed by atoms with Crippen LogP contribution in [0.15, 0.2) is 12.2 Å². The lowest BCUT2D eigenvalue weighted by molar-refractivity contribution is 0.116. The van der Waals surface area contributed by atoms with E-state index in [-0.39, 0.29) is 12.1 Å². The van der Waals surface area contributed by atoms with Crippen molar-refractivity contribution in [2.24, 2.45) is 0 Å². The van der Waals surface area contributed by atoms with Crippen LogP contribution in [0.4, 0.5) is 0 Å². The first-order valence-electron chi connectivity index (χ1n) is 3.27. The number of aliphatic hydroxyl groups is 1. The van der Waals surface area contributed by atoms with Crippen LogP contribution in [0.3, 0.4) is 0 Å². The fourth-order valence-corrected chi connectivity index (χ4v) is 1.16. The summed E-state index contributed by atoms with van der Waals surface area (Å²) in [5.41, 5.74) is 0. The molecule has 0 unspecified atom stereocenters. The molecule has 0 aliphatic carbocycles. The molecule has 0 bridgehead atoms. The van der Waals surface area contributed by atoms with Crippen molar-refractivity contribution in [1.82, 2.24) is 4.90 Å². The lowest BCUT2D eigenvalue weighted by Gasteiger charge is -2.21. The summed E-state index contributed by atoms with van der Waals surface area (Å²) < 4.78 is 0. The summed E-state index contributed by atoms with van der Waals surface area (Å²) in [7, 11) is 2.01. The van der Waals surface area contributed by atoms with Crippen LogP contribution in [-0.4, -0.2) is 35.7 Å². The van der Waals surface area contributed by atoms with Gasteiger partial charge in [0.1, 0.15) is 0 Å². The molecule has 0 amide bonds. The average molecular weight is 127 g/mol. The summed E-state index contributed by atoms with van der Waals surface area (Å²) in [4.78, 5) is 2.12. The summed E-state index contributed by atoms with van der Waals surface area (Å²) in [6, 6.07) is 0.241. The van der Waals surface area contributed by atoms with E-state index in [1.54, 1.807) is 0 Å². The lowest BCUT2D eigenvalue weighted by Crippen LogP contribution is -2.34. The minimum atomic E-state index is -0.242. The molecule has 2 heteroatoms. The number of nitrogens with zero attached hydrogens (tertiary/aromatic N) is 1. The van der Waals surface area contributed by atoms with Crippen molar-refractivity contribution in [2.45, 2.75) is 19.1 Å². The van der Waals surface area contributed by atoms with E-state index in [4.69, 9.17) is 5.11 Å². The van der Waals surface area contributed by atoms with E-state index in [2.05, 4.69) is 11.0 Å². The van der Waals surface area contributed by atoms with E-state index >= 15 is 0 Å². The predicted octanol–water partition coefficient (Wildman–Crippen LogP) is 0.237. The predicted molar refractivity (Wildman–Crippen MR) is 37.2 cm³/mol. The van der Waals surface area contributed by atoms with Crippen LogP contribution in [0.5, 0.6) is 0 Å². The molecule has 1 heterocycles. The Kier molecular flexibility index (Phi) is 1.88. The second-order valence-corrected chi connectivity index (χ2v) is 2.60. The quantitative estimate of drug-likeness (QED) is 0.510. The Labute approximate surface area is 55.8 Å². The Hall–Kier alpha value is -0.340. The van der Waals surface area contributed by atoms with Crippen molar-refractivity contribution in [3.8, 4) is 0 Å². The summed E-state index contributed by atoms with van der Waals surface area (Å²) in [6.07, 6.45) is 3.89. The molecule has 1 aliphatic rings. The molecule has 2 atom stereocenters. The Morgan fingerprint density at radius 1 is 1.78 bits per heavy atom. The van der Waals surface area contributed by atoms with Crippen molar-refractivity contribution < 1.29 is 5.11 Å². The van der Waals surface area contributed by atoms with Gasteiger partial charge in [0.05, 0.1) is 12.1 Å². The zero-order valence-corrected chi connectivity index (χ0v) is 5.91. The van der Waals surface area contributed by atoms with Gasteiger partial charge in [-0.05, 0) is 14.0 Å². The summed E-state index contributed by atoms with van der Waals surface area (Å²) >= 11 is 0. The summed E-state index contributed by atoms with van der Waals surface area (Å²) in [6.45, 7) is 2.78. The monoisotopic (exact) mass is 127 g/mol. The number of aliphatic hydroxyl groups excluding tert-OH is 1. The molecule has 0 aromatic carbocycles. The molecule has 9 heavy (non-hydrogen) atoms. The lowest BCUT2D eigenvalue weighted by atomic mass is 10.2. The molecule has 0 fully saturated rings. The molecule has 0 spiro atoms. The third-order valence-electron chi connectivity index (χ3n) is 1.73. The molecular formula is C7H13NO. The molecule has 0 aromatic heterocycles. The maximum Gasteiger partial charge on any atom is 0.0703 e. The largest absolute Gasteiger partial charge is 0.391 e. The molecule has 0 aromatic rings. The van der Waals surface area contributed by atoms with E-state index in [9.17, 15) is 0 Å². The first kappa shape index (κ1) is 6.78. The Morgan fingerprint density at radius 2 is 2.44 bits per heavy atom. The molecule has 2 nitrogen and oxygen atoms in total. The molecule has 0 saturated carbocycles.